The molecule has 0 heterocycles. The molecule has 0 bridgehead atoms. The van der Waals surface area contributed by atoms with Gasteiger partial charge in [-0.3, -0.25) is 4.79 Å². The summed E-state index contributed by atoms with van der Waals surface area (Å²) in [6, 6.07) is 9.29. The highest BCUT2D eigenvalue weighted by Gasteiger charge is 2.06. The Morgan fingerprint density at radius 3 is 2.42 bits per heavy atom. The largest absolute Gasteiger partial charge is 0.288 e. The lowest BCUT2D eigenvalue weighted by atomic mass is 10.1. The number of benzene rings is 1. The van der Waals surface area contributed by atoms with E-state index in [1.807, 2.05) is 65.9 Å². The van der Waals surface area contributed by atoms with Crippen LogP contribution in [-0.2, 0) is 0 Å². The molecule has 0 aliphatic carbocycles. The lowest BCUT2D eigenvalue weighted by molar-refractivity contribution is 0.104. The Kier molecular flexibility index (Phi) is 3.47. The van der Waals surface area contributed by atoms with Crippen LogP contribution in [0.3, 0.4) is 0 Å². The Morgan fingerprint density at radius 2 is 1.92 bits per heavy atom. The van der Waals surface area contributed by atoms with Gasteiger partial charge in [0, 0.05) is 5.56 Å². The van der Waals surface area contributed by atoms with Crippen molar-refractivity contribution in [2.24, 2.45) is 0 Å². The second-order valence-electron chi connectivity index (χ2n) is 2.33. The number of hydrogen-bond acceptors (Lipinski definition) is 1. The van der Waals surface area contributed by atoms with Crippen LogP contribution >= 0.6 is 22.6 Å². The third kappa shape index (κ3) is 2.17. The van der Waals surface area contributed by atoms with E-state index in [0.29, 0.717) is 0 Å². The van der Waals surface area contributed by atoms with Gasteiger partial charge in [0.25, 0.3) is 0 Å². The first-order chi connectivity index (χ1) is 5.75. The van der Waals surface area contributed by atoms with Crippen LogP contribution in [0.1, 0.15) is 17.3 Å². The van der Waals surface area contributed by atoms with E-state index in [2.05, 4.69) is 0 Å². The number of allylic oxidation sites excluding steroid dienone is 2. The van der Waals surface area contributed by atoms with Gasteiger partial charge in [-0.05, 0) is 29.5 Å². The Balaban J connectivity index is 2.94. The third-order valence-electron chi connectivity index (χ3n) is 1.51. The van der Waals surface area contributed by atoms with Crippen LogP contribution in [0.25, 0.3) is 0 Å². The van der Waals surface area contributed by atoms with E-state index in [1.54, 1.807) is 0 Å². The molecular weight excluding hydrogens is 263 g/mol. The minimum atomic E-state index is 0.0960. The van der Waals surface area contributed by atoms with E-state index in [9.17, 15) is 4.79 Å². The molecule has 0 radical (unpaired) electrons. The molecule has 1 aromatic carbocycles. The van der Waals surface area contributed by atoms with Gasteiger partial charge in [-0.1, -0.05) is 36.4 Å². The molecule has 1 rings (SSSR count). The zero-order valence-electron chi connectivity index (χ0n) is 6.75. The second kappa shape index (κ2) is 4.40. The molecule has 0 atom stereocenters. The zero-order valence-corrected chi connectivity index (χ0v) is 8.91. The summed E-state index contributed by atoms with van der Waals surface area (Å²) in [4.78, 5) is 11.5. The summed E-state index contributed by atoms with van der Waals surface area (Å²) in [5, 5.41) is 0. The van der Waals surface area contributed by atoms with Crippen molar-refractivity contribution in [1.82, 2.24) is 0 Å². The van der Waals surface area contributed by atoms with Crippen LogP contribution < -0.4 is 0 Å². The average Bonchev–Trinajstić information content (AvgIpc) is 2.17. The summed E-state index contributed by atoms with van der Waals surface area (Å²) in [6.45, 7) is 1.86. The fraction of sp³-hybridized carbons (Fsp3) is 0.100. The maximum Gasteiger partial charge on any atom is 0.198 e. The molecule has 0 amide bonds. The van der Waals surface area contributed by atoms with Gasteiger partial charge in [-0.2, -0.15) is 0 Å². The standard InChI is InChI=1S/C10H9IO/c1-2-9(11)10(12)8-6-4-3-5-7-8/h2-7H,1H3/b9-2+. The number of carbonyl (C=O) groups excluding carboxylic acids is 1. The van der Waals surface area contributed by atoms with Gasteiger partial charge in [0.05, 0.1) is 3.58 Å². The van der Waals surface area contributed by atoms with Crippen molar-refractivity contribution >= 4 is 28.4 Å². The number of hydrogen-bond donors (Lipinski definition) is 0. The molecule has 0 aliphatic heterocycles. The van der Waals surface area contributed by atoms with Gasteiger partial charge < -0.3 is 0 Å². The summed E-state index contributed by atoms with van der Waals surface area (Å²) in [5.41, 5.74) is 0.750. The van der Waals surface area contributed by atoms with Crippen LogP contribution in [0.4, 0.5) is 0 Å². The molecule has 0 aliphatic rings. The quantitative estimate of drug-likeness (QED) is 0.459. The molecule has 1 aromatic rings. The van der Waals surface area contributed by atoms with Crippen molar-refractivity contribution in [1.29, 1.82) is 0 Å². The van der Waals surface area contributed by atoms with Gasteiger partial charge in [-0.25, -0.2) is 0 Å². The molecule has 0 unspecified atom stereocenters. The number of rotatable bonds is 2. The predicted molar refractivity (Wildman–Crippen MR) is 58.5 cm³/mol. The second-order valence-corrected chi connectivity index (χ2v) is 3.49. The monoisotopic (exact) mass is 272 g/mol. The van der Waals surface area contributed by atoms with Crippen molar-refractivity contribution in [3.05, 3.63) is 45.6 Å². The van der Waals surface area contributed by atoms with Gasteiger partial charge >= 0.3 is 0 Å². The van der Waals surface area contributed by atoms with E-state index < -0.39 is 0 Å². The lowest BCUT2D eigenvalue weighted by Gasteiger charge is -1.97. The zero-order chi connectivity index (χ0) is 8.97. The highest BCUT2D eigenvalue weighted by atomic mass is 127. The smallest absolute Gasteiger partial charge is 0.198 e. The van der Waals surface area contributed by atoms with Crippen molar-refractivity contribution < 1.29 is 4.79 Å². The molecule has 12 heavy (non-hydrogen) atoms. The third-order valence-corrected chi connectivity index (χ3v) is 2.62. The SMILES string of the molecule is C/C=C(/I)C(=O)c1ccccc1. The molecule has 0 aromatic heterocycles. The van der Waals surface area contributed by atoms with Crippen molar-refractivity contribution in [2.45, 2.75) is 6.92 Å². The number of ketones is 1. The molecule has 0 saturated carbocycles. The summed E-state index contributed by atoms with van der Waals surface area (Å²) < 4.78 is 0.763. The first-order valence-corrected chi connectivity index (χ1v) is 4.75. The first kappa shape index (κ1) is 9.45. The molecule has 0 fully saturated rings. The van der Waals surface area contributed by atoms with Crippen LogP contribution in [0.5, 0.6) is 0 Å². The Hall–Kier alpha value is -0.640. The van der Waals surface area contributed by atoms with Crippen molar-refractivity contribution in [3.8, 4) is 0 Å². The van der Waals surface area contributed by atoms with E-state index in [0.717, 1.165) is 9.14 Å². The van der Waals surface area contributed by atoms with Crippen LogP contribution in [0, 0.1) is 0 Å². The normalized spacial score (nSPS) is 11.3. The van der Waals surface area contributed by atoms with Crippen molar-refractivity contribution in [3.63, 3.8) is 0 Å². The van der Waals surface area contributed by atoms with Gasteiger partial charge in [0.15, 0.2) is 5.78 Å². The van der Waals surface area contributed by atoms with Crippen LogP contribution in [0.2, 0.25) is 0 Å². The summed E-state index contributed by atoms with van der Waals surface area (Å²) in [7, 11) is 0. The molecule has 0 saturated heterocycles. The number of halogens is 1. The summed E-state index contributed by atoms with van der Waals surface area (Å²) >= 11 is 2.05. The Bertz CT molecular complexity index is 301. The molecule has 62 valence electrons. The Morgan fingerprint density at radius 1 is 1.33 bits per heavy atom. The predicted octanol–water partition coefficient (Wildman–Crippen LogP) is 3.21. The average molecular weight is 272 g/mol. The number of Topliss-reactive ketones (excluding diaryl/α,β-unsaturated/α-hetero) is 1. The van der Waals surface area contributed by atoms with Crippen LogP contribution in [-0.4, -0.2) is 5.78 Å². The summed E-state index contributed by atoms with van der Waals surface area (Å²) in [5.74, 6) is 0.0960. The maximum absolute atomic E-state index is 11.5. The fourth-order valence-electron chi connectivity index (χ4n) is 0.859. The van der Waals surface area contributed by atoms with E-state index in [-0.39, 0.29) is 5.78 Å². The summed E-state index contributed by atoms with van der Waals surface area (Å²) in [6.07, 6.45) is 1.82. The van der Waals surface area contributed by atoms with Gasteiger partial charge in [-0.15, -0.1) is 0 Å². The van der Waals surface area contributed by atoms with E-state index in [1.165, 1.54) is 0 Å². The lowest BCUT2D eigenvalue weighted by Crippen LogP contribution is -1.96. The van der Waals surface area contributed by atoms with Gasteiger partial charge in [0.1, 0.15) is 0 Å². The molecule has 2 heteroatoms. The van der Waals surface area contributed by atoms with E-state index in [4.69, 9.17) is 0 Å². The topological polar surface area (TPSA) is 17.1 Å². The fourth-order valence-corrected chi connectivity index (χ4v) is 1.17. The van der Waals surface area contributed by atoms with Gasteiger partial charge in [0.2, 0.25) is 0 Å². The highest BCUT2D eigenvalue weighted by Crippen LogP contribution is 2.13. The molecular formula is C10H9IO. The minimum Gasteiger partial charge on any atom is -0.288 e. The molecule has 0 N–H and O–H groups in total. The Labute approximate surface area is 85.6 Å². The molecule has 1 nitrogen and oxygen atoms in total. The first-order valence-electron chi connectivity index (χ1n) is 3.67. The highest BCUT2D eigenvalue weighted by molar-refractivity contribution is 14.1. The number of carbonyl (C=O) groups is 1. The minimum absolute atomic E-state index is 0.0960. The maximum atomic E-state index is 11.5. The van der Waals surface area contributed by atoms with Crippen LogP contribution in [0.15, 0.2) is 40.0 Å². The van der Waals surface area contributed by atoms with E-state index >= 15 is 0 Å². The molecule has 0 spiro atoms. The van der Waals surface area contributed by atoms with Crippen molar-refractivity contribution in [2.75, 3.05) is 0 Å².